The van der Waals surface area contributed by atoms with Crippen LogP contribution >= 0.6 is 11.6 Å². The molecule has 1 N–H and O–H groups in total. The number of nitrogens with zero attached hydrogens (tertiary/aromatic N) is 2. The molecule has 3 saturated heterocycles. The first-order chi connectivity index (χ1) is 10.2. The molecule has 5 heteroatoms. The topological polar surface area (TPSA) is 36.8 Å². The number of nitrogens with one attached hydrogen (secondary N) is 1. The van der Waals surface area contributed by atoms with E-state index in [-0.39, 0.29) is 5.91 Å². The van der Waals surface area contributed by atoms with Gasteiger partial charge < -0.3 is 14.6 Å². The van der Waals surface area contributed by atoms with Crippen molar-refractivity contribution in [3.8, 4) is 0 Å². The van der Waals surface area contributed by atoms with E-state index in [9.17, 15) is 4.79 Å². The van der Waals surface area contributed by atoms with Crippen LogP contribution in [0.5, 0.6) is 0 Å². The zero-order chi connectivity index (χ0) is 14.4. The number of hydrogen-bond donors (Lipinski definition) is 1. The number of halogens is 1. The van der Waals surface area contributed by atoms with Crippen molar-refractivity contribution in [1.82, 2.24) is 14.6 Å². The van der Waals surface area contributed by atoms with Crippen LogP contribution in [0.3, 0.4) is 0 Å². The summed E-state index contributed by atoms with van der Waals surface area (Å²) in [5.74, 6) is 0.666. The fraction of sp³-hybridized carbons (Fsp3) is 0.438. The van der Waals surface area contributed by atoms with E-state index in [4.69, 9.17) is 11.6 Å². The molecule has 0 aromatic carbocycles. The summed E-state index contributed by atoms with van der Waals surface area (Å²) >= 11 is 5.98. The lowest BCUT2D eigenvalue weighted by Gasteiger charge is -2.44. The van der Waals surface area contributed by atoms with Gasteiger partial charge in [0.05, 0.1) is 10.6 Å². The number of amides is 1. The van der Waals surface area contributed by atoms with Crippen molar-refractivity contribution >= 4 is 23.0 Å². The number of carbonyl (C=O) groups is 1. The first-order valence-electron chi connectivity index (χ1n) is 7.49. The van der Waals surface area contributed by atoms with Gasteiger partial charge >= 0.3 is 0 Å². The van der Waals surface area contributed by atoms with Crippen molar-refractivity contribution in [2.75, 3.05) is 19.6 Å². The maximum atomic E-state index is 12.5. The molecule has 0 radical (unpaired) electrons. The number of rotatable bonds is 2. The van der Waals surface area contributed by atoms with Crippen LogP contribution in [-0.4, -0.2) is 40.9 Å². The van der Waals surface area contributed by atoms with E-state index in [0.717, 1.165) is 12.1 Å². The lowest BCUT2D eigenvalue weighted by Crippen LogP contribution is -2.57. The molecule has 0 saturated carbocycles. The number of hydrogen-bond acceptors (Lipinski definition) is 2. The molecule has 4 nitrogen and oxygen atoms in total. The van der Waals surface area contributed by atoms with Crippen LogP contribution in [0.15, 0.2) is 30.6 Å². The van der Waals surface area contributed by atoms with Gasteiger partial charge in [-0.25, -0.2) is 0 Å². The monoisotopic (exact) mass is 303 g/mol. The third-order valence-corrected chi connectivity index (χ3v) is 5.01. The lowest BCUT2D eigenvalue weighted by atomic mass is 9.84. The Balaban J connectivity index is 1.53. The van der Waals surface area contributed by atoms with Gasteiger partial charge in [0.15, 0.2) is 0 Å². The quantitative estimate of drug-likeness (QED) is 0.925. The molecule has 0 spiro atoms. The summed E-state index contributed by atoms with van der Waals surface area (Å²) in [6.07, 6.45) is 6.08. The Kier molecular flexibility index (Phi) is 3.16. The third-order valence-electron chi connectivity index (χ3n) is 4.79. The maximum absolute atomic E-state index is 12.5. The number of pyridine rings is 1. The highest BCUT2D eigenvalue weighted by molar-refractivity contribution is 6.30. The Bertz CT molecular complexity index is 688. The minimum Gasteiger partial charge on any atom is -0.348 e. The summed E-state index contributed by atoms with van der Waals surface area (Å²) in [4.78, 5) is 14.9. The average molecular weight is 304 g/mol. The van der Waals surface area contributed by atoms with Crippen LogP contribution in [0.4, 0.5) is 0 Å². The number of piperidine rings is 3. The standard InChI is InChI=1S/C16H18ClN3O/c17-13-1-2-14-7-12(8-20(14)9-13)16(21)18-15-10-19-5-3-11(15)4-6-19/h1-2,7-9,11,15H,3-6,10H2,(H,18,21). The number of fused-ring (bicyclic) bond motifs is 4. The van der Waals surface area contributed by atoms with Gasteiger partial charge in [0.1, 0.15) is 0 Å². The highest BCUT2D eigenvalue weighted by atomic mass is 35.5. The van der Waals surface area contributed by atoms with Crippen LogP contribution in [0.25, 0.3) is 5.52 Å². The normalized spacial score (nSPS) is 28.0. The molecule has 1 atom stereocenters. The van der Waals surface area contributed by atoms with Gasteiger partial charge in [-0.3, -0.25) is 4.79 Å². The summed E-state index contributed by atoms with van der Waals surface area (Å²) in [7, 11) is 0. The van der Waals surface area contributed by atoms with E-state index in [0.29, 0.717) is 22.5 Å². The van der Waals surface area contributed by atoms with Crippen molar-refractivity contribution < 1.29 is 4.79 Å². The van der Waals surface area contributed by atoms with Crippen molar-refractivity contribution in [2.45, 2.75) is 18.9 Å². The molecule has 3 fully saturated rings. The van der Waals surface area contributed by atoms with Crippen molar-refractivity contribution in [1.29, 1.82) is 0 Å². The second-order valence-electron chi connectivity index (χ2n) is 6.13. The summed E-state index contributed by atoms with van der Waals surface area (Å²) in [6.45, 7) is 3.37. The first-order valence-corrected chi connectivity index (χ1v) is 7.87. The van der Waals surface area contributed by atoms with Gasteiger partial charge in [-0.05, 0) is 50.0 Å². The van der Waals surface area contributed by atoms with Crippen LogP contribution in [0.1, 0.15) is 23.2 Å². The van der Waals surface area contributed by atoms with Crippen LogP contribution in [0, 0.1) is 5.92 Å². The molecule has 2 bridgehead atoms. The predicted molar refractivity (Wildman–Crippen MR) is 82.8 cm³/mol. The SMILES string of the molecule is O=C(NC1CN2CCC1CC2)c1cc2ccc(Cl)cn2c1. The van der Waals surface area contributed by atoms with Crippen LogP contribution < -0.4 is 5.32 Å². The summed E-state index contributed by atoms with van der Waals surface area (Å²) in [5, 5.41) is 3.88. The van der Waals surface area contributed by atoms with Crippen LogP contribution in [-0.2, 0) is 0 Å². The van der Waals surface area contributed by atoms with Crippen molar-refractivity contribution in [3.63, 3.8) is 0 Å². The zero-order valence-electron chi connectivity index (χ0n) is 11.8. The Morgan fingerprint density at radius 2 is 2.05 bits per heavy atom. The predicted octanol–water partition coefficient (Wildman–Crippen LogP) is 2.42. The van der Waals surface area contributed by atoms with Crippen molar-refractivity contribution in [2.24, 2.45) is 5.92 Å². The minimum absolute atomic E-state index is 0.0218. The molecule has 5 heterocycles. The van der Waals surface area contributed by atoms with Crippen molar-refractivity contribution in [3.05, 3.63) is 41.2 Å². The Morgan fingerprint density at radius 1 is 1.24 bits per heavy atom. The molecule has 1 amide bonds. The molecule has 21 heavy (non-hydrogen) atoms. The second kappa shape index (κ2) is 5.04. The second-order valence-corrected chi connectivity index (χ2v) is 6.56. The Morgan fingerprint density at radius 3 is 2.76 bits per heavy atom. The van der Waals surface area contributed by atoms with E-state index in [1.165, 1.54) is 25.9 Å². The molecule has 0 aliphatic carbocycles. The van der Waals surface area contributed by atoms with E-state index >= 15 is 0 Å². The molecule has 3 aliphatic heterocycles. The van der Waals surface area contributed by atoms with E-state index < -0.39 is 0 Å². The van der Waals surface area contributed by atoms with E-state index in [1.807, 2.05) is 35.0 Å². The van der Waals surface area contributed by atoms with E-state index in [1.54, 1.807) is 0 Å². The van der Waals surface area contributed by atoms with E-state index in [2.05, 4.69) is 10.2 Å². The number of aromatic nitrogens is 1. The van der Waals surface area contributed by atoms with Crippen LogP contribution in [0.2, 0.25) is 5.02 Å². The fourth-order valence-corrected chi connectivity index (χ4v) is 3.76. The molecular weight excluding hydrogens is 286 g/mol. The molecule has 2 aromatic rings. The average Bonchev–Trinajstić information content (AvgIpc) is 2.91. The number of carbonyl (C=O) groups excluding carboxylic acids is 1. The lowest BCUT2D eigenvalue weighted by molar-refractivity contribution is 0.0620. The Labute approximate surface area is 128 Å². The molecule has 2 aromatic heterocycles. The summed E-state index contributed by atoms with van der Waals surface area (Å²) in [6, 6.07) is 5.97. The molecular formula is C16H18ClN3O. The highest BCUT2D eigenvalue weighted by Crippen LogP contribution is 2.27. The van der Waals surface area contributed by atoms with Gasteiger partial charge in [-0.1, -0.05) is 11.6 Å². The largest absolute Gasteiger partial charge is 0.348 e. The smallest absolute Gasteiger partial charge is 0.253 e. The maximum Gasteiger partial charge on any atom is 0.253 e. The molecule has 110 valence electrons. The highest BCUT2D eigenvalue weighted by Gasteiger charge is 2.35. The summed E-state index contributed by atoms with van der Waals surface area (Å²) < 4.78 is 1.90. The van der Waals surface area contributed by atoms with Gasteiger partial charge in [-0.2, -0.15) is 0 Å². The fourth-order valence-electron chi connectivity index (χ4n) is 3.59. The first kappa shape index (κ1) is 13.2. The van der Waals surface area contributed by atoms with Gasteiger partial charge in [-0.15, -0.1) is 0 Å². The zero-order valence-corrected chi connectivity index (χ0v) is 12.5. The third kappa shape index (κ3) is 2.43. The van der Waals surface area contributed by atoms with Gasteiger partial charge in [0.25, 0.3) is 5.91 Å². The summed E-state index contributed by atoms with van der Waals surface area (Å²) in [5.41, 5.74) is 1.69. The van der Waals surface area contributed by atoms with Gasteiger partial charge in [0.2, 0.25) is 0 Å². The minimum atomic E-state index is 0.0218. The van der Waals surface area contributed by atoms with Gasteiger partial charge in [0, 0.05) is 30.5 Å². The molecule has 5 rings (SSSR count). The Hall–Kier alpha value is -1.52. The molecule has 1 unspecified atom stereocenters. The molecule has 3 aliphatic rings.